The molecule has 155 valence electrons. The van der Waals surface area contributed by atoms with Crippen LogP contribution in [0.25, 0.3) is 0 Å². The van der Waals surface area contributed by atoms with Gasteiger partial charge in [0.25, 0.3) is 0 Å². The van der Waals surface area contributed by atoms with Crippen LogP contribution in [0.2, 0.25) is 0 Å². The molecule has 2 N–H and O–H groups in total. The summed E-state index contributed by atoms with van der Waals surface area (Å²) in [6.45, 7) is 2.95. The van der Waals surface area contributed by atoms with Crippen molar-refractivity contribution in [2.75, 3.05) is 13.1 Å². The normalized spacial score (nSPS) is 10.6. The zero-order chi connectivity index (χ0) is 19.3. The van der Waals surface area contributed by atoms with Crippen molar-refractivity contribution in [2.24, 2.45) is 0 Å². The van der Waals surface area contributed by atoms with Gasteiger partial charge in [0, 0.05) is 42.5 Å². The van der Waals surface area contributed by atoms with Gasteiger partial charge in [-0.3, -0.25) is 9.59 Å². The Morgan fingerprint density at radius 3 is 1.48 bits per heavy atom. The Labute approximate surface area is 189 Å². The monoisotopic (exact) mass is 392 g/mol. The van der Waals surface area contributed by atoms with Crippen molar-refractivity contribution in [3.05, 3.63) is 0 Å². The smallest absolute Gasteiger partial charge is 0.304 e. The maximum absolute atomic E-state index is 11.6. The zero-order valence-electron chi connectivity index (χ0n) is 18.2. The molecule has 27 heavy (non-hydrogen) atoms. The van der Waals surface area contributed by atoms with Crippen molar-refractivity contribution in [2.45, 2.75) is 116 Å². The van der Waals surface area contributed by atoms with Gasteiger partial charge in [-0.25, -0.2) is 0 Å². The van der Waals surface area contributed by atoms with Crippen LogP contribution in [0.4, 0.5) is 0 Å². The molecular formula is C22H43NNaO3. The fraction of sp³-hybridized carbons (Fsp3) is 0.909. The average molecular weight is 393 g/mol. The first-order valence-electron chi connectivity index (χ1n) is 11.1. The van der Waals surface area contributed by atoms with E-state index in [2.05, 4.69) is 12.2 Å². The minimum absolute atomic E-state index is 0. The van der Waals surface area contributed by atoms with E-state index in [1.54, 1.807) is 0 Å². The minimum Gasteiger partial charge on any atom is -0.481 e. The Hall–Kier alpha value is 0.100. The van der Waals surface area contributed by atoms with E-state index < -0.39 is 5.97 Å². The Balaban J connectivity index is 0. The molecule has 0 spiro atoms. The predicted molar refractivity (Wildman–Crippen MR) is 115 cm³/mol. The summed E-state index contributed by atoms with van der Waals surface area (Å²) in [7, 11) is 0. The summed E-state index contributed by atoms with van der Waals surface area (Å²) >= 11 is 0. The van der Waals surface area contributed by atoms with Gasteiger partial charge in [-0.05, 0) is 6.42 Å². The van der Waals surface area contributed by atoms with Crippen molar-refractivity contribution < 1.29 is 14.7 Å². The van der Waals surface area contributed by atoms with Gasteiger partial charge in [0.15, 0.2) is 0 Å². The predicted octanol–water partition coefficient (Wildman–Crippen LogP) is 5.50. The van der Waals surface area contributed by atoms with Crippen LogP contribution in [0, 0.1) is 0 Å². The Kier molecular flexibility index (Phi) is 26.2. The van der Waals surface area contributed by atoms with E-state index in [4.69, 9.17) is 5.11 Å². The van der Waals surface area contributed by atoms with Crippen LogP contribution >= 0.6 is 0 Å². The summed E-state index contributed by atoms with van der Waals surface area (Å²) in [6, 6.07) is 0. The molecule has 0 aliphatic carbocycles. The zero-order valence-corrected chi connectivity index (χ0v) is 20.2. The first-order chi connectivity index (χ1) is 12.7. The van der Waals surface area contributed by atoms with E-state index in [1.807, 2.05) is 0 Å². The van der Waals surface area contributed by atoms with E-state index >= 15 is 0 Å². The summed E-state index contributed by atoms with van der Waals surface area (Å²) in [6.07, 6.45) is 20.7. The SMILES string of the molecule is CCCCCCCCCCCCCCCCCC(=O)CNCCC(=O)O.[Na]. The van der Waals surface area contributed by atoms with Gasteiger partial charge in [0.05, 0.1) is 13.0 Å². The van der Waals surface area contributed by atoms with E-state index in [-0.39, 0.29) is 41.8 Å². The van der Waals surface area contributed by atoms with Gasteiger partial charge in [0.1, 0.15) is 5.78 Å². The second-order valence-electron chi connectivity index (χ2n) is 7.56. The molecule has 0 aliphatic heterocycles. The number of carbonyl (C=O) groups is 2. The van der Waals surface area contributed by atoms with Gasteiger partial charge in [-0.2, -0.15) is 0 Å². The van der Waals surface area contributed by atoms with Gasteiger partial charge < -0.3 is 10.4 Å². The van der Waals surface area contributed by atoms with Gasteiger partial charge >= 0.3 is 5.97 Å². The van der Waals surface area contributed by atoms with E-state index in [1.165, 1.54) is 83.5 Å². The summed E-state index contributed by atoms with van der Waals surface area (Å²) in [4.78, 5) is 22.0. The van der Waals surface area contributed by atoms with Crippen LogP contribution in [0.1, 0.15) is 116 Å². The van der Waals surface area contributed by atoms with Crippen LogP contribution in [0.15, 0.2) is 0 Å². The standard InChI is InChI=1S/C22H43NO3.Na/c1-2-3-4-5-6-7-8-9-10-11-12-13-14-15-16-17-21(24)20-23-19-18-22(25)26;/h23H,2-20H2,1H3,(H,25,26);. The van der Waals surface area contributed by atoms with E-state index in [0.717, 1.165) is 12.8 Å². The Morgan fingerprint density at radius 1 is 0.667 bits per heavy atom. The van der Waals surface area contributed by atoms with E-state index in [0.29, 0.717) is 19.5 Å². The number of aliphatic carboxylic acids is 1. The molecule has 0 aromatic heterocycles. The van der Waals surface area contributed by atoms with Gasteiger partial charge in [-0.15, -0.1) is 0 Å². The molecule has 0 aromatic rings. The van der Waals surface area contributed by atoms with Crippen molar-refractivity contribution in [1.82, 2.24) is 5.32 Å². The van der Waals surface area contributed by atoms with E-state index in [9.17, 15) is 9.59 Å². The molecule has 0 fully saturated rings. The first kappa shape index (κ1) is 29.3. The van der Waals surface area contributed by atoms with Gasteiger partial charge in [-0.1, -0.05) is 96.8 Å². The summed E-state index contributed by atoms with van der Waals surface area (Å²) in [5, 5.41) is 11.4. The summed E-state index contributed by atoms with van der Waals surface area (Å²) < 4.78 is 0. The quantitative estimate of drug-likeness (QED) is 0.200. The third-order valence-corrected chi connectivity index (χ3v) is 4.90. The van der Waals surface area contributed by atoms with Crippen molar-refractivity contribution in [3.8, 4) is 0 Å². The third-order valence-electron chi connectivity index (χ3n) is 4.90. The number of hydrogen-bond acceptors (Lipinski definition) is 3. The molecule has 0 rings (SSSR count). The molecule has 0 saturated carbocycles. The third kappa shape index (κ3) is 26.1. The first-order valence-corrected chi connectivity index (χ1v) is 11.1. The van der Waals surface area contributed by atoms with Crippen LogP contribution in [0.3, 0.4) is 0 Å². The van der Waals surface area contributed by atoms with Crippen LogP contribution in [-0.4, -0.2) is 59.5 Å². The number of carbonyl (C=O) groups excluding carboxylic acids is 1. The number of carboxylic acid groups (broad SMARTS) is 1. The van der Waals surface area contributed by atoms with Crippen LogP contribution < -0.4 is 5.32 Å². The largest absolute Gasteiger partial charge is 0.481 e. The molecule has 1 radical (unpaired) electrons. The molecule has 0 aliphatic rings. The van der Waals surface area contributed by atoms with Crippen molar-refractivity contribution in [1.29, 1.82) is 0 Å². The Morgan fingerprint density at radius 2 is 1.07 bits per heavy atom. The number of hydrogen-bond donors (Lipinski definition) is 2. The van der Waals surface area contributed by atoms with Crippen molar-refractivity contribution in [3.63, 3.8) is 0 Å². The molecule has 4 nitrogen and oxygen atoms in total. The number of carboxylic acids is 1. The molecule has 5 heteroatoms. The Bertz CT molecular complexity index is 338. The fourth-order valence-corrected chi connectivity index (χ4v) is 3.21. The fourth-order valence-electron chi connectivity index (χ4n) is 3.21. The molecule has 0 bridgehead atoms. The average Bonchev–Trinajstić information content (AvgIpc) is 2.62. The van der Waals surface area contributed by atoms with Crippen LogP contribution in [0.5, 0.6) is 0 Å². The number of ketones is 1. The van der Waals surface area contributed by atoms with Gasteiger partial charge in [0.2, 0.25) is 0 Å². The number of Topliss-reactive ketones (excluding diaryl/α,β-unsaturated/α-hetero) is 1. The van der Waals surface area contributed by atoms with Crippen LogP contribution in [-0.2, 0) is 9.59 Å². The molecule has 0 atom stereocenters. The molecule has 0 saturated heterocycles. The van der Waals surface area contributed by atoms with Crippen molar-refractivity contribution >= 4 is 41.3 Å². The summed E-state index contributed by atoms with van der Waals surface area (Å²) in [5.74, 6) is -0.627. The minimum atomic E-state index is -0.827. The molecule has 0 unspecified atom stereocenters. The molecule has 0 amide bonds. The molecule has 0 heterocycles. The topological polar surface area (TPSA) is 66.4 Å². The summed E-state index contributed by atoms with van der Waals surface area (Å²) in [5.41, 5.74) is 0. The maximum atomic E-state index is 11.6. The molecule has 0 aromatic carbocycles. The second kappa shape index (κ2) is 24.1. The number of rotatable bonds is 21. The molecular weight excluding hydrogens is 349 g/mol. The number of unbranched alkanes of at least 4 members (excludes halogenated alkanes) is 14. The maximum Gasteiger partial charge on any atom is 0.304 e. The number of nitrogens with one attached hydrogen (secondary N) is 1. The second-order valence-corrected chi connectivity index (χ2v) is 7.56.